The number of fused-ring (bicyclic) bond motifs is 1. The average molecular weight is 411 g/mol. The molecule has 0 bridgehead atoms. The van der Waals surface area contributed by atoms with Gasteiger partial charge in [-0.25, -0.2) is 8.42 Å². The van der Waals surface area contributed by atoms with Crippen molar-refractivity contribution in [1.82, 2.24) is 0 Å². The third-order valence-corrected chi connectivity index (χ3v) is 5.38. The van der Waals surface area contributed by atoms with Crippen molar-refractivity contribution in [2.45, 2.75) is 11.1 Å². The van der Waals surface area contributed by atoms with Crippen LogP contribution >= 0.6 is 0 Å². The molecule has 0 spiro atoms. The number of hydrogen-bond donors (Lipinski definition) is 1. The molecule has 1 aliphatic heterocycles. The predicted octanol–water partition coefficient (Wildman–Crippen LogP) is 4.49. The lowest BCUT2D eigenvalue weighted by molar-refractivity contribution is -0.137. The van der Waals surface area contributed by atoms with E-state index in [9.17, 15) is 21.6 Å². The summed E-state index contributed by atoms with van der Waals surface area (Å²) in [6, 6.07) is 9.64. The highest BCUT2D eigenvalue weighted by Crippen LogP contribution is 2.42. The lowest BCUT2D eigenvalue weighted by atomic mass is 10.1. The first kappa shape index (κ1) is 18.2. The maximum Gasteiger partial charge on any atom is 0.416 e. The van der Waals surface area contributed by atoms with Crippen molar-refractivity contribution in [3.05, 3.63) is 60.4 Å². The Morgan fingerprint density at radius 2 is 1.71 bits per heavy atom. The molecule has 2 heterocycles. The topological polar surface area (TPSA) is 77.8 Å². The summed E-state index contributed by atoms with van der Waals surface area (Å²) in [6.45, 7) is -0.0310. The Labute approximate surface area is 157 Å². The third kappa shape index (κ3) is 3.38. The van der Waals surface area contributed by atoms with E-state index in [-0.39, 0.29) is 12.5 Å². The minimum absolute atomic E-state index is 0.0310. The molecule has 0 radical (unpaired) electrons. The van der Waals surface area contributed by atoms with E-state index in [1.54, 1.807) is 12.1 Å². The van der Waals surface area contributed by atoms with Crippen LogP contribution in [0.5, 0.6) is 11.5 Å². The van der Waals surface area contributed by atoms with E-state index in [0.717, 1.165) is 18.2 Å². The lowest BCUT2D eigenvalue weighted by Gasteiger charge is -2.14. The van der Waals surface area contributed by atoms with Gasteiger partial charge < -0.3 is 13.9 Å². The Bertz CT molecular complexity index is 1120. The summed E-state index contributed by atoms with van der Waals surface area (Å²) in [7, 11) is -4.32. The second-order valence-electron chi connectivity index (χ2n) is 5.86. The fraction of sp³-hybridized carbons (Fsp3) is 0.111. The van der Waals surface area contributed by atoms with E-state index >= 15 is 0 Å². The van der Waals surface area contributed by atoms with Crippen LogP contribution in [0.1, 0.15) is 5.56 Å². The molecular weight excluding hydrogens is 399 g/mol. The van der Waals surface area contributed by atoms with E-state index in [4.69, 9.17) is 13.9 Å². The summed E-state index contributed by atoms with van der Waals surface area (Å²) in [6.07, 6.45) is -3.26. The van der Waals surface area contributed by atoms with Crippen LogP contribution in [-0.2, 0) is 16.2 Å². The molecular formula is C18H12F3NO5S. The molecule has 0 amide bonds. The molecule has 3 aromatic rings. The van der Waals surface area contributed by atoms with Crippen LogP contribution in [0, 0.1) is 0 Å². The highest BCUT2D eigenvalue weighted by atomic mass is 32.2. The fourth-order valence-electron chi connectivity index (χ4n) is 2.71. The Balaban J connectivity index is 1.77. The summed E-state index contributed by atoms with van der Waals surface area (Å²) < 4.78 is 82.4. The van der Waals surface area contributed by atoms with E-state index in [0.29, 0.717) is 28.9 Å². The van der Waals surface area contributed by atoms with E-state index in [1.165, 1.54) is 18.4 Å². The first-order valence-electron chi connectivity index (χ1n) is 7.92. The standard InChI is InChI=1S/C18H12F3NO5S/c19-18(20,21)11-3-1-4-12(7-11)28(23,24)22-14-9-17-16(26-10-27-17)8-13(14)15-5-2-6-25-15/h1-9,22H,10H2. The molecule has 6 nitrogen and oxygen atoms in total. The minimum Gasteiger partial charge on any atom is -0.464 e. The molecule has 0 saturated heterocycles. The van der Waals surface area contributed by atoms with Gasteiger partial charge >= 0.3 is 6.18 Å². The van der Waals surface area contributed by atoms with Gasteiger partial charge in [-0.1, -0.05) is 6.07 Å². The third-order valence-electron chi connectivity index (χ3n) is 4.02. The van der Waals surface area contributed by atoms with Crippen molar-refractivity contribution >= 4 is 15.7 Å². The van der Waals surface area contributed by atoms with Crippen molar-refractivity contribution in [2.24, 2.45) is 0 Å². The van der Waals surface area contributed by atoms with Crippen LogP contribution in [0.4, 0.5) is 18.9 Å². The van der Waals surface area contributed by atoms with Crippen LogP contribution in [0.2, 0.25) is 0 Å². The number of halogens is 3. The second-order valence-corrected chi connectivity index (χ2v) is 7.54. The number of ether oxygens (including phenoxy) is 2. The fourth-order valence-corrected chi connectivity index (χ4v) is 3.82. The zero-order chi connectivity index (χ0) is 19.9. The lowest BCUT2D eigenvalue weighted by Crippen LogP contribution is -2.15. The number of furan rings is 1. The quantitative estimate of drug-likeness (QED) is 0.684. The summed E-state index contributed by atoms with van der Waals surface area (Å²) in [5.74, 6) is 1.05. The Morgan fingerprint density at radius 1 is 0.964 bits per heavy atom. The molecule has 28 heavy (non-hydrogen) atoms. The van der Waals surface area contributed by atoms with Crippen LogP contribution in [0.15, 0.2) is 64.1 Å². The molecule has 1 aromatic heterocycles. The van der Waals surface area contributed by atoms with Gasteiger partial charge in [0.15, 0.2) is 11.5 Å². The number of rotatable bonds is 4. The number of anilines is 1. The molecule has 4 rings (SSSR count). The highest BCUT2D eigenvalue weighted by Gasteiger charge is 2.32. The second kappa shape index (κ2) is 6.48. The van der Waals surface area contributed by atoms with Gasteiger partial charge in [0.1, 0.15) is 5.76 Å². The van der Waals surface area contributed by atoms with Crippen molar-refractivity contribution in [3.63, 3.8) is 0 Å². The Hall–Kier alpha value is -3.14. The van der Waals surface area contributed by atoms with Crippen molar-refractivity contribution in [1.29, 1.82) is 0 Å². The molecule has 1 N–H and O–H groups in total. The molecule has 146 valence electrons. The van der Waals surface area contributed by atoms with Crippen molar-refractivity contribution in [2.75, 3.05) is 11.5 Å². The molecule has 10 heteroatoms. The SMILES string of the molecule is O=S(=O)(Nc1cc2c(cc1-c1ccco1)OCO2)c1cccc(C(F)(F)F)c1. The van der Waals surface area contributed by atoms with Gasteiger partial charge in [-0.15, -0.1) is 0 Å². The van der Waals surface area contributed by atoms with Crippen molar-refractivity contribution < 1.29 is 35.5 Å². The van der Waals surface area contributed by atoms with Crippen LogP contribution in [0.3, 0.4) is 0 Å². The molecule has 0 aliphatic carbocycles. The summed E-state index contributed by atoms with van der Waals surface area (Å²) in [5, 5.41) is 0. The zero-order valence-corrected chi connectivity index (χ0v) is 14.8. The summed E-state index contributed by atoms with van der Waals surface area (Å²) >= 11 is 0. The summed E-state index contributed by atoms with van der Waals surface area (Å²) in [4.78, 5) is -0.523. The van der Waals surface area contributed by atoms with E-state index < -0.39 is 26.7 Å². The summed E-state index contributed by atoms with van der Waals surface area (Å²) in [5.41, 5.74) is -0.631. The smallest absolute Gasteiger partial charge is 0.416 e. The van der Waals surface area contributed by atoms with Crippen LogP contribution in [0.25, 0.3) is 11.3 Å². The molecule has 0 atom stereocenters. The number of alkyl halides is 3. The van der Waals surface area contributed by atoms with Gasteiger partial charge in [0.05, 0.1) is 22.4 Å². The van der Waals surface area contributed by atoms with Gasteiger partial charge in [-0.3, -0.25) is 4.72 Å². The zero-order valence-electron chi connectivity index (χ0n) is 14.0. The average Bonchev–Trinajstić information content (AvgIpc) is 3.31. The highest BCUT2D eigenvalue weighted by molar-refractivity contribution is 7.92. The van der Waals surface area contributed by atoms with Gasteiger partial charge in [0, 0.05) is 11.6 Å². The minimum atomic E-state index is -4.66. The largest absolute Gasteiger partial charge is 0.464 e. The number of nitrogens with one attached hydrogen (secondary N) is 1. The normalized spacial score (nSPS) is 13.5. The molecule has 1 aliphatic rings. The van der Waals surface area contributed by atoms with Gasteiger partial charge in [0.25, 0.3) is 10.0 Å². The maximum atomic E-state index is 12.9. The first-order valence-corrected chi connectivity index (χ1v) is 9.40. The van der Waals surface area contributed by atoms with Gasteiger partial charge in [0.2, 0.25) is 6.79 Å². The predicted molar refractivity (Wildman–Crippen MR) is 92.5 cm³/mol. The maximum absolute atomic E-state index is 12.9. The Kier molecular flexibility index (Phi) is 4.22. The van der Waals surface area contributed by atoms with E-state index in [2.05, 4.69) is 4.72 Å². The monoisotopic (exact) mass is 411 g/mol. The molecule has 0 fully saturated rings. The number of hydrogen-bond acceptors (Lipinski definition) is 5. The van der Waals surface area contributed by atoms with Crippen LogP contribution < -0.4 is 14.2 Å². The van der Waals surface area contributed by atoms with E-state index in [1.807, 2.05) is 0 Å². The molecule has 0 unspecified atom stereocenters. The number of benzene rings is 2. The Morgan fingerprint density at radius 3 is 2.39 bits per heavy atom. The van der Waals surface area contributed by atoms with Gasteiger partial charge in [-0.05, 0) is 36.4 Å². The number of sulfonamides is 1. The molecule has 0 saturated carbocycles. The van der Waals surface area contributed by atoms with Crippen molar-refractivity contribution in [3.8, 4) is 22.8 Å². The van der Waals surface area contributed by atoms with Crippen LogP contribution in [-0.4, -0.2) is 15.2 Å². The molecule has 2 aromatic carbocycles. The van der Waals surface area contributed by atoms with Gasteiger partial charge in [-0.2, -0.15) is 13.2 Å². The first-order chi connectivity index (χ1) is 13.2.